The van der Waals surface area contributed by atoms with Gasteiger partial charge in [0.05, 0.1) is 0 Å². The van der Waals surface area contributed by atoms with E-state index >= 15 is 0 Å². The van der Waals surface area contributed by atoms with E-state index in [1.807, 2.05) is 49.3 Å². The molecule has 19 heavy (non-hydrogen) atoms. The van der Waals surface area contributed by atoms with Crippen LogP contribution in [0.4, 0.5) is 5.95 Å². The number of anilines is 1. The Morgan fingerprint density at radius 2 is 1.95 bits per heavy atom. The van der Waals surface area contributed by atoms with Gasteiger partial charge in [-0.3, -0.25) is 9.78 Å². The van der Waals surface area contributed by atoms with Gasteiger partial charge in [-0.1, -0.05) is 30.3 Å². The molecule has 1 aromatic carbocycles. The quantitative estimate of drug-likeness (QED) is 0.831. The second-order valence-corrected chi connectivity index (χ2v) is 4.45. The van der Waals surface area contributed by atoms with Crippen molar-refractivity contribution in [2.45, 2.75) is 0 Å². The van der Waals surface area contributed by atoms with Gasteiger partial charge < -0.3 is 10.2 Å². The van der Waals surface area contributed by atoms with Gasteiger partial charge in [-0.05, 0) is 14.1 Å². The van der Waals surface area contributed by atoms with Crippen molar-refractivity contribution in [3.05, 3.63) is 40.7 Å². The Hall–Kier alpha value is -2.21. The van der Waals surface area contributed by atoms with Crippen LogP contribution in [0.25, 0.3) is 11.3 Å². The van der Waals surface area contributed by atoms with Gasteiger partial charge in [0.1, 0.15) is 0 Å². The highest BCUT2D eigenvalue weighted by molar-refractivity contribution is 5.57. The molecular weight excluding hydrogens is 242 g/mol. The summed E-state index contributed by atoms with van der Waals surface area (Å²) < 4.78 is 0. The molecule has 6 heteroatoms. The minimum Gasteiger partial charge on any atom is -0.353 e. The zero-order valence-corrected chi connectivity index (χ0v) is 11.1. The summed E-state index contributed by atoms with van der Waals surface area (Å²) in [5.74, 6) is 0.395. The standard InChI is InChI=1S/C13H17N5O/c1-18(2)9-8-14-13-15-12(19)11(16-17-13)10-6-4-3-5-7-10/h3-7H,8-9H2,1-2H3,(H2,14,15,17,19). The Morgan fingerprint density at radius 1 is 1.21 bits per heavy atom. The van der Waals surface area contributed by atoms with Crippen molar-refractivity contribution in [1.29, 1.82) is 0 Å². The number of nitrogens with zero attached hydrogens (tertiary/aromatic N) is 3. The number of hydrogen-bond donors (Lipinski definition) is 2. The minimum absolute atomic E-state index is 0.242. The highest BCUT2D eigenvalue weighted by Gasteiger charge is 2.06. The first kappa shape index (κ1) is 13.2. The monoisotopic (exact) mass is 259 g/mol. The predicted molar refractivity (Wildman–Crippen MR) is 75.1 cm³/mol. The number of aromatic nitrogens is 3. The molecule has 1 heterocycles. The van der Waals surface area contributed by atoms with Gasteiger partial charge in [0.2, 0.25) is 5.95 Å². The molecule has 0 aliphatic carbocycles. The zero-order chi connectivity index (χ0) is 13.7. The number of nitrogens with one attached hydrogen (secondary N) is 2. The molecule has 1 aromatic heterocycles. The molecule has 0 aliphatic heterocycles. The topological polar surface area (TPSA) is 73.9 Å². The Labute approximate surface area is 111 Å². The fourth-order valence-corrected chi connectivity index (χ4v) is 1.60. The van der Waals surface area contributed by atoms with Gasteiger partial charge in [0.15, 0.2) is 5.69 Å². The van der Waals surface area contributed by atoms with E-state index in [-0.39, 0.29) is 5.56 Å². The first-order valence-electron chi connectivity index (χ1n) is 6.08. The highest BCUT2D eigenvalue weighted by atomic mass is 16.1. The van der Waals surface area contributed by atoms with Crippen molar-refractivity contribution in [3.63, 3.8) is 0 Å². The molecule has 100 valence electrons. The number of aromatic amines is 1. The molecular formula is C13H17N5O. The molecule has 2 rings (SSSR count). The minimum atomic E-state index is -0.242. The van der Waals surface area contributed by atoms with Crippen LogP contribution in [-0.2, 0) is 0 Å². The van der Waals surface area contributed by atoms with Crippen molar-refractivity contribution in [3.8, 4) is 11.3 Å². The van der Waals surface area contributed by atoms with Gasteiger partial charge in [0.25, 0.3) is 5.56 Å². The predicted octanol–water partition coefficient (Wildman–Crippen LogP) is 0.805. The average molecular weight is 259 g/mol. The first-order chi connectivity index (χ1) is 9.16. The van der Waals surface area contributed by atoms with Gasteiger partial charge in [-0.15, -0.1) is 10.2 Å². The van der Waals surface area contributed by atoms with Crippen LogP contribution in [0.1, 0.15) is 0 Å². The van der Waals surface area contributed by atoms with E-state index < -0.39 is 0 Å². The summed E-state index contributed by atoms with van der Waals surface area (Å²) in [7, 11) is 3.96. The van der Waals surface area contributed by atoms with Crippen LogP contribution in [0.5, 0.6) is 0 Å². The van der Waals surface area contributed by atoms with E-state index in [0.29, 0.717) is 18.2 Å². The number of benzene rings is 1. The van der Waals surface area contributed by atoms with Crippen LogP contribution in [0, 0.1) is 0 Å². The van der Waals surface area contributed by atoms with Crippen LogP contribution < -0.4 is 10.9 Å². The maximum atomic E-state index is 11.9. The van der Waals surface area contributed by atoms with Crippen LogP contribution >= 0.6 is 0 Å². The highest BCUT2D eigenvalue weighted by Crippen LogP contribution is 2.10. The van der Waals surface area contributed by atoms with Crippen molar-refractivity contribution in [1.82, 2.24) is 20.1 Å². The fourth-order valence-electron chi connectivity index (χ4n) is 1.60. The number of hydrogen-bond acceptors (Lipinski definition) is 5. The lowest BCUT2D eigenvalue weighted by molar-refractivity contribution is 0.424. The van der Waals surface area contributed by atoms with Crippen LogP contribution in [0.2, 0.25) is 0 Å². The Balaban J connectivity index is 2.12. The molecule has 0 fully saturated rings. The van der Waals surface area contributed by atoms with Crippen LogP contribution in [0.3, 0.4) is 0 Å². The van der Waals surface area contributed by atoms with Crippen LogP contribution in [-0.4, -0.2) is 47.3 Å². The van der Waals surface area contributed by atoms with E-state index in [2.05, 4.69) is 20.5 Å². The number of rotatable bonds is 5. The summed E-state index contributed by atoms with van der Waals surface area (Å²) in [6.07, 6.45) is 0. The van der Waals surface area contributed by atoms with E-state index in [4.69, 9.17) is 0 Å². The molecule has 0 spiro atoms. The van der Waals surface area contributed by atoms with Crippen molar-refractivity contribution in [2.24, 2.45) is 0 Å². The molecule has 2 aromatic rings. The van der Waals surface area contributed by atoms with Crippen molar-refractivity contribution >= 4 is 5.95 Å². The fraction of sp³-hybridized carbons (Fsp3) is 0.308. The molecule has 0 amide bonds. The van der Waals surface area contributed by atoms with Crippen molar-refractivity contribution in [2.75, 3.05) is 32.5 Å². The van der Waals surface area contributed by atoms with Gasteiger partial charge in [-0.25, -0.2) is 0 Å². The Kier molecular flexibility index (Phi) is 4.25. The Bertz CT molecular complexity index is 579. The summed E-state index contributed by atoms with van der Waals surface area (Å²) in [6.45, 7) is 1.55. The Morgan fingerprint density at radius 3 is 2.58 bits per heavy atom. The van der Waals surface area contributed by atoms with Gasteiger partial charge >= 0.3 is 0 Å². The summed E-state index contributed by atoms with van der Waals surface area (Å²) in [4.78, 5) is 16.7. The smallest absolute Gasteiger partial charge is 0.279 e. The molecule has 0 radical (unpaired) electrons. The maximum absolute atomic E-state index is 11.9. The number of likely N-dealkylation sites (N-methyl/N-ethyl adjacent to an activating group) is 1. The molecule has 0 bridgehead atoms. The lowest BCUT2D eigenvalue weighted by Gasteiger charge is -2.10. The number of H-pyrrole nitrogens is 1. The SMILES string of the molecule is CN(C)CCNc1nnc(-c2ccccc2)c(=O)[nH]1. The lowest BCUT2D eigenvalue weighted by Crippen LogP contribution is -2.23. The summed E-state index contributed by atoms with van der Waals surface area (Å²) in [5, 5.41) is 11.0. The molecule has 0 unspecified atom stereocenters. The third-order valence-electron chi connectivity index (χ3n) is 2.60. The molecule has 2 N–H and O–H groups in total. The van der Waals surface area contributed by atoms with E-state index in [1.54, 1.807) is 0 Å². The van der Waals surface area contributed by atoms with Gasteiger partial charge in [0, 0.05) is 18.7 Å². The third kappa shape index (κ3) is 3.62. The molecule has 0 saturated heterocycles. The molecule has 6 nitrogen and oxygen atoms in total. The lowest BCUT2D eigenvalue weighted by atomic mass is 10.2. The molecule has 0 aliphatic rings. The van der Waals surface area contributed by atoms with Crippen LogP contribution in [0.15, 0.2) is 35.1 Å². The maximum Gasteiger partial charge on any atom is 0.279 e. The normalized spacial score (nSPS) is 10.7. The van der Waals surface area contributed by atoms with E-state index in [1.165, 1.54) is 0 Å². The second-order valence-electron chi connectivity index (χ2n) is 4.45. The first-order valence-corrected chi connectivity index (χ1v) is 6.08. The summed E-state index contributed by atoms with van der Waals surface area (Å²) >= 11 is 0. The summed E-state index contributed by atoms with van der Waals surface area (Å²) in [6, 6.07) is 9.28. The largest absolute Gasteiger partial charge is 0.353 e. The average Bonchev–Trinajstić information content (AvgIpc) is 2.39. The van der Waals surface area contributed by atoms with E-state index in [9.17, 15) is 4.79 Å². The van der Waals surface area contributed by atoms with Crippen molar-refractivity contribution < 1.29 is 0 Å². The third-order valence-corrected chi connectivity index (χ3v) is 2.60. The zero-order valence-electron chi connectivity index (χ0n) is 11.1. The molecule has 0 atom stereocenters. The van der Waals surface area contributed by atoms with E-state index in [0.717, 1.165) is 12.1 Å². The molecule has 0 saturated carbocycles. The van der Waals surface area contributed by atoms with Gasteiger partial charge in [-0.2, -0.15) is 0 Å². The second kappa shape index (κ2) is 6.10. The summed E-state index contributed by atoms with van der Waals surface area (Å²) in [5.41, 5.74) is 0.850.